The van der Waals surface area contributed by atoms with E-state index in [-0.39, 0.29) is 11.6 Å². The highest BCUT2D eigenvalue weighted by molar-refractivity contribution is 7.92. The SMILES string of the molecule is CCCS(=O)(=O)Nc1cc(Cl)ccn1. The third-order valence-corrected chi connectivity index (χ3v) is 3.16. The number of nitrogens with one attached hydrogen (secondary N) is 1. The first-order chi connectivity index (χ1) is 6.53. The molecule has 0 aliphatic carbocycles. The van der Waals surface area contributed by atoms with Gasteiger partial charge in [0.15, 0.2) is 0 Å². The van der Waals surface area contributed by atoms with E-state index in [9.17, 15) is 8.42 Å². The van der Waals surface area contributed by atoms with Crippen LogP contribution in [0.25, 0.3) is 0 Å². The summed E-state index contributed by atoms with van der Waals surface area (Å²) in [6, 6.07) is 3.05. The maximum absolute atomic E-state index is 11.3. The Hall–Kier alpha value is -0.810. The molecule has 0 radical (unpaired) electrons. The van der Waals surface area contributed by atoms with Crippen LogP contribution in [0.3, 0.4) is 0 Å². The third-order valence-electron chi connectivity index (χ3n) is 1.45. The van der Waals surface area contributed by atoms with Gasteiger partial charge < -0.3 is 0 Å². The Labute approximate surface area is 88.4 Å². The molecular weight excluding hydrogens is 224 g/mol. The van der Waals surface area contributed by atoms with Gasteiger partial charge in [-0.25, -0.2) is 13.4 Å². The summed E-state index contributed by atoms with van der Waals surface area (Å²) in [5.74, 6) is 0.340. The van der Waals surface area contributed by atoms with Crippen LogP contribution < -0.4 is 4.72 Å². The zero-order valence-corrected chi connectivity index (χ0v) is 9.27. The smallest absolute Gasteiger partial charge is 0.233 e. The van der Waals surface area contributed by atoms with Crippen molar-refractivity contribution in [3.05, 3.63) is 23.4 Å². The van der Waals surface area contributed by atoms with Gasteiger partial charge in [0.1, 0.15) is 5.82 Å². The molecule has 0 saturated heterocycles. The molecule has 0 unspecified atom stereocenters. The number of halogens is 1. The summed E-state index contributed by atoms with van der Waals surface area (Å²) in [5.41, 5.74) is 0. The number of hydrogen-bond donors (Lipinski definition) is 1. The van der Waals surface area contributed by atoms with Crippen LogP contribution in [0.2, 0.25) is 5.02 Å². The molecule has 0 saturated carbocycles. The monoisotopic (exact) mass is 234 g/mol. The zero-order valence-electron chi connectivity index (χ0n) is 7.70. The van der Waals surface area contributed by atoms with Crippen LogP contribution in [-0.4, -0.2) is 19.2 Å². The van der Waals surface area contributed by atoms with Crippen LogP contribution in [-0.2, 0) is 10.0 Å². The summed E-state index contributed by atoms with van der Waals surface area (Å²) >= 11 is 5.68. The Bertz CT molecular complexity index is 406. The molecule has 1 N–H and O–H groups in total. The van der Waals surface area contributed by atoms with Gasteiger partial charge in [-0.05, 0) is 12.5 Å². The quantitative estimate of drug-likeness (QED) is 0.866. The predicted molar refractivity (Wildman–Crippen MR) is 56.9 cm³/mol. The predicted octanol–water partition coefficient (Wildman–Crippen LogP) is 1.89. The van der Waals surface area contributed by atoms with Crippen molar-refractivity contribution in [3.8, 4) is 0 Å². The molecule has 0 aromatic carbocycles. The molecule has 1 heterocycles. The van der Waals surface area contributed by atoms with Gasteiger partial charge in [-0.2, -0.15) is 0 Å². The molecule has 1 aromatic rings. The van der Waals surface area contributed by atoms with Gasteiger partial charge in [-0.1, -0.05) is 18.5 Å². The molecule has 0 amide bonds. The fourth-order valence-electron chi connectivity index (χ4n) is 0.940. The summed E-state index contributed by atoms with van der Waals surface area (Å²) in [7, 11) is -3.27. The van der Waals surface area contributed by atoms with Gasteiger partial charge in [0, 0.05) is 17.3 Å². The van der Waals surface area contributed by atoms with E-state index in [2.05, 4.69) is 9.71 Å². The number of hydrogen-bond acceptors (Lipinski definition) is 3. The molecule has 0 aliphatic rings. The minimum Gasteiger partial charge on any atom is -0.267 e. The van der Waals surface area contributed by atoms with Crippen molar-refractivity contribution >= 4 is 27.4 Å². The van der Waals surface area contributed by atoms with E-state index in [1.54, 1.807) is 13.0 Å². The van der Waals surface area contributed by atoms with E-state index in [0.717, 1.165) is 0 Å². The van der Waals surface area contributed by atoms with E-state index < -0.39 is 10.0 Å². The summed E-state index contributed by atoms with van der Waals surface area (Å²) < 4.78 is 25.0. The standard InChI is InChI=1S/C8H11ClN2O2S/c1-2-5-14(12,13)11-8-6-7(9)3-4-10-8/h3-4,6H,2,5H2,1H3,(H,10,11). The van der Waals surface area contributed by atoms with Gasteiger partial charge in [0.2, 0.25) is 10.0 Å². The molecule has 1 rings (SSSR count). The van der Waals surface area contributed by atoms with Crippen molar-refractivity contribution < 1.29 is 8.42 Å². The maximum Gasteiger partial charge on any atom is 0.233 e. The molecule has 14 heavy (non-hydrogen) atoms. The van der Waals surface area contributed by atoms with E-state index in [1.165, 1.54) is 12.3 Å². The number of anilines is 1. The van der Waals surface area contributed by atoms with Crippen molar-refractivity contribution in [2.24, 2.45) is 0 Å². The van der Waals surface area contributed by atoms with Gasteiger partial charge in [0.05, 0.1) is 5.75 Å². The highest BCUT2D eigenvalue weighted by Gasteiger charge is 2.09. The molecule has 6 heteroatoms. The lowest BCUT2D eigenvalue weighted by Gasteiger charge is -2.05. The highest BCUT2D eigenvalue weighted by atomic mass is 35.5. The first kappa shape index (κ1) is 11.3. The Morgan fingerprint density at radius 1 is 1.57 bits per heavy atom. The molecule has 0 aliphatic heterocycles. The molecule has 0 bridgehead atoms. The Kier molecular flexibility index (Phi) is 3.71. The topological polar surface area (TPSA) is 59.1 Å². The fraction of sp³-hybridized carbons (Fsp3) is 0.375. The van der Waals surface area contributed by atoms with Gasteiger partial charge in [0.25, 0.3) is 0 Å². The van der Waals surface area contributed by atoms with Crippen LogP contribution >= 0.6 is 11.6 Å². The average molecular weight is 235 g/mol. The van der Waals surface area contributed by atoms with E-state index >= 15 is 0 Å². The van der Waals surface area contributed by atoms with Crippen molar-refractivity contribution in [2.75, 3.05) is 10.5 Å². The van der Waals surface area contributed by atoms with Crippen molar-refractivity contribution in [1.82, 2.24) is 4.98 Å². The number of aromatic nitrogens is 1. The Morgan fingerprint density at radius 3 is 2.86 bits per heavy atom. The molecular formula is C8H11ClN2O2S. The maximum atomic E-state index is 11.3. The second-order valence-corrected chi connectivity index (χ2v) is 5.06. The second kappa shape index (κ2) is 4.61. The van der Waals surface area contributed by atoms with Gasteiger partial charge >= 0.3 is 0 Å². The lowest BCUT2D eigenvalue weighted by atomic mass is 10.5. The van der Waals surface area contributed by atoms with Gasteiger partial charge in [-0.3, -0.25) is 4.72 Å². The van der Waals surface area contributed by atoms with Gasteiger partial charge in [-0.15, -0.1) is 0 Å². The van der Waals surface area contributed by atoms with Crippen LogP contribution in [0, 0.1) is 0 Å². The highest BCUT2D eigenvalue weighted by Crippen LogP contribution is 2.13. The molecule has 1 aromatic heterocycles. The number of nitrogens with zero attached hydrogens (tertiary/aromatic N) is 1. The van der Waals surface area contributed by atoms with Crippen LogP contribution in [0.15, 0.2) is 18.3 Å². The summed E-state index contributed by atoms with van der Waals surface area (Å²) in [6.07, 6.45) is 2.02. The van der Waals surface area contributed by atoms with Crippen LogP contribution in [0.4, 0.5) is 5.82 Å². The number of pyridine rings is 1. The Morgan fingerprint density at radius 2 is 2.29 bits per heavy atom. The van der Waals surface area contributed by atoms with E-state index in [1.807, 2.05) is 0 Å². The van der Waals surface area contributed by atoms with Crippen molar-refractivity contribution in [1.29, 1.82) is 0 Å². The average Bonchev–Trinajstić information content (AvgIpc) is 2.02. The minimum atomic E-state index is -3.27. The summed E-state index contributed by atoms with van der Waals surface area (Å²) in [4.78, 5) is 3.83. The van der Waals surface area contributed by atoms with E-state index in [0.29, 0.717) is 11.4 Å². The zero-order chi connectivity index (χ0) is 10.6. The minimum absolute atomic E-state index is 0.0845. The molecule has 0 spiro atoms. The van der Waals surface area contributed by atoms with Crippen LogP contribution in [0.1, 0.15) is 13.3 Å². The van der Waals surface area contributed by atoms with Crippen molar-refractivity contribution in [2.45, 2.75) is 13.3 Å². The largest absolute Gasteiger partial charge is 0.267 e. The summed E-state index contributed by atoms with van der Waals surface area (Å²) in [5, 5.41) is 0.453. The summed E-state index contributed by atoms with van der Waals surface area (Å²) in [6.45, 7) is 1.80. The first-order valence-corrected chi connectivity index (χ1v) is 6.18. The normalized spacial score (nSPS) is 11.3. The third kappa shape index (κ3) is 3.51. The number of rotatable bonds is 4. The first-order valence-electron chi connectivity index (χ1n) is 4.15. The molecule has 4 nitrogen and oxygen atoms in total. The lowest BCUT2D eigenvalue weighted by molar-refractivity contribution is 0.599. The molecule has 78 valence electrons. The number of sulfonamides is 1. The van der Waals surface area contributed by atoms with Crippen molar-refractivity contribution in [3.63, 3.8) is 0 Å². The second-order valence-electron chi connectivity index (χ2n) is 2.78. The van der Waals surface area contributed by atoms with E-state index in [4.69, 9.17) is 11.6 Å². The fourth-order valence-corrected chi connectivity index (χ4v) is 2.17. The van der Waals surface area contributed by atoms with Crippen LogP contribution in [0.5, 0.6) is 0 Å². The lowest BCUT2D eigenvalue weighted by Crippen LogP contribution is -2.16. The molecule has 0 atom stereocenters. The molecule has 0 fully saturated rings. The Balaban J connectivity index is 2.79.